The van der Waals surface area contributed by atoms with Crippen molar-refractivity contribution in [3.05, 3.63) is 0 Å². The van der Waals surface area contributed by atoms with Gasteiger partial charge in [-0.15, -0.1) is 0 Å². The summed E-state index contributed by atoms with van der Waals surface area (Å²) in [6, 6.07) is 0. The number of aliphatic hydroxyl groups is 2. The van der Waals surface area contributed by atoms with E-state index in [-0.39, 0.29) is 46.4 Å². The van der Waals surface area contributed by atoms with E-state index in [1.165, 1.54) is 0 Å². The van der Waals surface area contributed by atoms with Crippen LogP contribution in [0.4, 0.5) is 0 Å². The molecule has 2 N–H and O–H groups in total. The summed E-state index contributed by atoms with van der Waals surface area (Å²) in [5.74, 6) is 0.650. The van der Waals surface area contributed by atoms with Gasteiger partial charge in [-0.1, -0.05) is 20.8 Å². The lowest BCUT2D eigenvalue weighted by Crippen LogP contribution is -2.62. The average molecular weight is 400 g/mol. The van der Waals surface area contributed by atoms with Gasteiger partial charge < -0.3 is 15.0 Å². The molecule has 0 aromatic rings. The molecule has 4 saturated carbocycles. The predicted molar refractivity (Wildman–Crippen MR) is 112 cm³/mol. The molecule has 11 atom stereocenters. The van der Waals surface area contributed by atoms with Crippen molar-refractivity contribution in [1.82, 2.24) is 0 Å². The molecule has 0 unspecified atom stereocenters. The van der Waals surface area contributed by atoms with Gasteiger partial charge in [-0.05, 0) is 85.8 Å². The van der Waals surface area contributed by atoms with Crippen LogP contribution in [-0.2, 0) is 9.59 Å². The van der Waals surface area contributed by atoms with Crippen molar-refractivity contribution in [3.8, 4) is 0 Å². The second-order valence-corrected chi connectivity index (χ2v) is 11.2. The van der Waals surface area contributed by atoms with E-state index in [0.717, 1.165) is 38.4 Å². The van der Waals surface area contributed by atoms with Crippen LogP contribution in [0.1, 0.15) is 72.1 Å². The number of Topliss-reactive ketones (excluding diaryl/α,β-unsaturated/α-hetero) is 1. The fourth-order valence-corrected chi connectivity index (χ4v) is 8.52. The maximum absolute atomic E-state index is 13.6. The number of aliphatic hydroxyl groups excluding tert-OH is 2. The van der Waals surface area contributed by atoms with Crippen molar-refractivity contribution in [2.45, 2.75) is 90.2 Å². The quantitative estimate of drug-likeness (QED) is 0.561. The smallest absolute Gasteiger partial charge is 0.131 e. The predicted octanol–water partition coefficient (Wildman–Crippen LogP) is 3.34. The van der Waals surface area contributed by atoms with Crippen LogP contribution in [0, 0.1) is 46.3 Å². The molecule has 29 heavy (non-hydrogen) atoms. The summed E-state index contributed by atoms with van der Waals surface area (Å²) in [4.78, 5) is 24.5. The number of hydrogen-bond donors (Lipinski definition) is 2. The maximum atomic E-state index is 13.6. The van der Waals surface area contributed by atoms with Gasteiger partial charge in [0.25, 0.3) is 0 Å². The Morgan fingerprint density at radius 3 is 2.55 bits per heavy atom. The summed E-state index contributed by atoms with van der Waals surface area (Å²) in [6.45, 7) is 6.67. The van der Waals surface area contributed by atoms with Crippen molar-refractivity contribution in [3.63, 3.8) is 0 Å². The summed E-state index contributed by atoms with van der Waals surface area (Å²) in [5.41, 5.74) is -0.364. The van der Waals surface area contributed by atoms with E-state index in [1.54, 1.807) is 0 Å². The van der Waals surface area contributed by atoms with E-state index in [4.69, 9.17) is 7.85 Å². The molecule has 4 aliphatic rings. The molecule has 4 rings (SSSR count). The van der Waals surface area contributed by atoms with Crippen molar-refractivity contribution >= 4 is 19.9 Å². The Kier molecular flexibility index (Phi) is 5.56. The van der Waals surface area contributed by atoms with E-state index in [0.29, 0.717) is 31.1 Å². The average Bonchev–Trinajstić information content (AvgIpc) is 3.05. The summed E-state index contributed by atoms with van der Waals surface area (Å²) >= 11 is 0. The zero-order chi connectivity index (χ0) is 21.1. The third-order valence-corrected chi connectivity index (χ3v) is 10.2. The van der Waals surface area contributed by atoms with Crippen LogP contribution in [0.2, 0.25) is 5.82 Å². The number of fused-ring (bicyclic) bond motifs is 5. The Bertz CT molecular complexity index is 667. The molecule has 5 heteroatoms. The molecule has 160 valence electrons. The van der Waals surface area contributed by atoms with Gasteiger partial charge in [0, 0.05) is 17.8 Å². The van der Waals surface area contributed by atoms with Crippen LogP contribution in [0.15, 0.2) is 0 Å². The first-order valence-electron chi connectivity index (χ1n) is 11.7. The van der Waals surface area contributed by atoms with Crippen molar-refractivity contribution in [2.75, 3.05) is 0 Å². The van der Waals surface area contributed by atoms with Crippen LogP contribution in [0.25, 0.3) is 0 Å². The minimum Gasteiger partial charge on any atom is -0.393 e. The Balaban J connectivity index is 1.68. The molecule has 0 spiro atoms. The number of carbonyl (C=O) groups is 2. The van der Waals surface area contributed by atoms with Crippen molar-refractivity contribution in [2.24, 2.45) is 46.3 Å². The lowest BCUT2D eigenvalue weighted by Gasteiger charge is -2.63. The summed E-state index contributed by atoms with van der Waals surface area (Å²) in [6.07, 6.45) is 6.51. The van der Waals surface area contributed by atoms with Gasteiger partial charge in [-0.25, -0.2) is 0 Å². The van der Waals surface area contributed by atoms with Crippen molar-refractivity contribution in [1.29, 1.82) is 0 Å². The molecule has 2 radical (unpaired) electrons. The van der Waals surface area contributed by atoms with E-state index in [1.807, 2.05) is 0 Å². The van der Waals surface area contributed by atoms with Crippen LogP contribution in [0.5, 0.6) is 0 Å². The van der Waals surface area contributed by atoms with Gasteiger partial charge in [-0.3, -0.25) is 4.79 Å². The van der Waals surface area contributed by atoms with Gasteiger partial charge in [-0.2, -0.15) is 0 Å². The third kappa shape index (κ3) is 3.01. The van der Waals surface area contributed by atoms with Gasteiger partial charge in [0.05, 0.1) is 20.1 Å². The summed E-state index contributed by atoms with van der Waals surface area (Å²) in [5, 5.41) is 21.7. The van der Waals surface area contributed by atoms with Crippen LogP contribution < -0.4 is 0 Å². The van der Waals surface area contributed by atoms with Gasteiger partial charge in [0.2, 0.25) is 0 Å². The molecule has 4 nitrogen and oxygen atoms in total. The summed E-state index contributed by atoms with van der Waals surface area (Å²) in [7, 11) is 6.55. The molecule has 0 saturated heterocycles. The Hall–Kier alpha value is -0.675. The molecular weight excluding hydrogens is 363 g/mol. The van der Waals surface area contributed by atoms with Crippen LogP contribution in [-0.4, -0.2) is 42.3 Å². The molecule has 4 fully saturated rings. The SMILES string of the molecule is [B][C@H]1C(=O)[C@@H]2[C@H](C[C@H](O)[C@]3(C)[C@@H]([C@H](C)CCC=O)CC[C@@H]23)[C@@]2(C)CC[C@@H](O)C[C@@H]12. The van der Waals surface area contributed by atoms with Crippen LogP contribution in [0.3, 0.4) is 0 Å². The van der Waals surface area contributed by atoms with E-state index >= 15 is 0 Å². The Morgan fingerprint density at radius 1 is 1.14 bits per heavy atom. The largest absolute Gasteiger partial charge is 0.393 e. The molecule has 4 aliphatic carbocycles. The second kappa shape index (κ2) is 7.48. The first kappa shape index (κ1) is 21.6. The molecule has 0 aliphatic heterocycles. The number of rotatable bonds is 4. The van der Waals surface area contributed by atoms with Crippen LogP contribution >= 0.6 is 0 Å². The minimum absolute atomic E-state index is 0.0141. The fraction of sp³-hybridized carbons (Fsp3) is 0.917. The molecule has 0 aromatic heterocycles. The summed E-state index contributed by atoms with van der Waals surface area (Å²) < 4.78 is 0. The fourth-order valence-electron chi connectivity index (χ4n) is 8.52. The first-order valence-corrected chi connectivity index (χ1v) is 11.7. The Labute approximate surface area is 176 Å². The highest BCUT2D eigenvalue weighted by molar-refractivity contribution is 6.25. The zero-order valence-corrected chi connectivity index (χ0v) is 18.2. The molecular formula is C24H37BO4. The highest BCUT2D eigenvalue weighted by Gasteiger charge is 2.67. The monoisotopic (exact) mass is 400 g/mol. The van der Waals surface area contributed by atoms with Crippen molar-refractivity contribution < 1.29 is 19.8 Å². The normalized spacial score (nSPS) is 52.9. The number of carbonyl (C=O) groups excluding carboxylic acids is 2. The second-order valence-electron chi connectivity index (χ2n) is 11.2. The molecule has 0 heterocycles. The van der Waals surface area contributed by atoms with Gasteiger partial charge in [0.15, 0.2) is 0 Å². The molecule has 0 amide bonds. The maximum Gasteiger partial charge on any atom is 0.131 e. The third-order valence-electron chi connectivity index (χ3n) is 10.2. The highest BCUT2D eigenvalue weighted by Crippen LogP contribution is 2.68. The first-order chi connectivity index (χ1) is 13.7. The highest BCUT2D eigenvalue weighted by atomic mass is 16.3. The Morgan fingerprint density at radius 2 is 1.86 bits per heavy atom. The topological polar surface area (TPSA) is 74.6 Å². The minimum atomic E-state index is -0.498. The number of aldehydes is 1. The zero-order valence-electron chi connectivity index (χ0n) is 18.2. The molecule has 0 bridgehead atoms. The standard InChI is InChI=1S/C24H37BO4/c1-13(5-4-10-26)15-6-7-16-20-17(12-19(28)24(15,16)3)23(2)9-8-14(27)11-18(23)21(25)22(20)29/h10,13-21,27-28H,4-9,11-12H2,1-3H3/t13-,14-,15-,16+,17+,18+,19+,20+,21-,23-,24-/m1/s1. The van der Waals surface area contributed by atoms with E-state index in [9.17, 15) is 19.8 Å². The molecule has 0 aromatic carbocycles. The number of ketones is 1. The lowest BCUT2D eigenvalue weighted by atomic mass is 9.39. The van der Waals surface area contributed by atoms with E-state index in [2.05, 4.69) is 20.8 Å². The van der Waals surface area contributed by atoms with E-state index < -0.39 is 11.9 Å². The van der Waals surface area contributed by atoms with Gasteiger partial charge >= 0.3 is 0 Å². The number of hydrogen-bond acceptors (Lipinski definition) is 4. The van der Waals surface area contributed by atoms with Gasteiger partial charge in [0.1, 0.15) is 12.1 Å². The lowest BCUT2D eigenvalue weighted by molar-refractivity contribution is -0.181.